The molecule has 1 N–H and O–H groups in total. The molecular formula is C14H9F4NO3. The molecule has 2 aromatic carbocycles. The lowest BCUT2D eigenvalue weighted by molar-refractivity contribution is -0.274. The number of carbonyl (C=O) groups excluding carboxylic acids is 1. The Morgan fingerprint density at radius 2 is 1.68 bits per heavy atom. The summed E-state index contributed by atoms with van der Waals surface area (Å²) < 4.78 is 58.3. The van der Waals surface area contributed by atoms with Gasteiger partial charge in [0.2, 0.25) is 0 Å². The third-order valence-electron chi connectivity index (χ3n) is 2.36. The zero-order valence-electron chi connectivity index (χ0n) is 10.9. The van der Waals surface area contributed by atoms with Crippen LogP contribution in [0.5, 0.6) is 11.5 Å². The lowest BCUT2D eigenvalue weighted by Gasteiger charge is -2.11. The van der Waals surface area contributed by atoms with E-state index in [-0.39, 0.29) is 5.75 Å². The number of ether oxygens (including phenoxy) is 2. The highest BCUT2D eigenvalue weighted by molar-refractivity contribution is 5.86. The Morgan fingerprint density at radius 1 is 1.00 bits per heavy atom. The Balaban J connectivity index is 2.08. The largest absolute Gasteiger partial charge is 0.573 e. The highest BCUT2D eigenvalue weighted by atomic mass is 19.4. The van der Waals surface area contributed by atoms with E-state index in [2.05, 4.69) is 4.74 Å². The molecule has 4 nitrogen and oxygen atoms in total. The van der Waals surface area contributed by atoms with E-state index in [1.807, 2.05) is 5.32 Å². The molecule has 2 aromatic rings. The predicted octanol–water partition coefficient (Wildman–Crippen LogP) is 4.34. The number of anilines is 1. The Kier molecular flexibility index (Phi) is 4.50. The number of rotatable bonds is 3. The molecule has 0 aliphatic heterocycles. The molecule has 8 heteroatoms. The number of alkyl halides is 3. The highest BCUT2D eigenvalue weighted by Crippen LogP contribution is 2.27. The van der Waals surface area contributed by atoms with Crippen LogP contribution < -0.4 is 14.8 Å². The van der Waals surface area contributed by atoms with E-state index in [4.69, 9.17) is 4.74 Å². The normalized spacial score (nSPS) is 10.9. The molecule has 0 aliphatic rings. The van der Waals surface area contributed by atoms with Crippen molar-refractivity contribution < 1.29 is 31.8 Å². The summed E-state index contributed by atoms with van der Waals surface area (Å²) in [5.74, 6) is -1.40. The van der Waals surface area contributed by atoms with Gasteiger partial charge in [0.15, 0.2) is 0 Å². The quantitative estimate of drug-likeness (QED) is 0.857. The van der Waals surface area contributed by atoms with E-state index in [9.17, 15) is 22.4 Å². The van der Waals surface area contributed by atoms with Crippen LogP contribution in [0.3, 0.4) is 0 Å². The first-order chi connectivity index (χ1) is 10.3. The molecule has 0 saturated carbocycles. The fourth-order valence-corrected chi connectivity index (χ4v) is 1.53. The molecule has 0 radical (unpaired) electrons. The average molecular weight is 315 g/mol. The topological polar surface area (TPSA) is 47.6 Å². The molecule has 1 amide bonds. The third-order valence-corrected chi connectivity index (χ3v) is 2.36. The van der Waals surface area contributed by atoms with E-state index >= 15 is 0 Å². The van der Waals surface area contributed by atoms with Crippen LogP contribution in [0.15, 0.2) is 48.5 Å². The van der Waals surface area contributed by atoms with Crippen LogP contribution in [-0.4, -0.2) is 12.5 Å². The second-order valence-corrected chi connectivity index (χ2v) is 4.02. The van der Waals surface area contributed by atoms with Crippen molar-refractivity contribution in [1.82, 2.24) is 0 Å². The zero-order chi connectivity index (χ0) is 16.2. The first-order valence-electron chi connectivity index (χ1n) is 5.93. The number of hydrogen-bond acceptors (Lipinski definition) is 3. The number of halogens is 4. The average Bonchev–Trinajstić information content (AvgIpc) is 2.42. The number of hydrogen-bond donors (Lipinski definition) is 1. The Bertz CT molecular complexity index is 659. The summed E-state index contributed by atoms with van der Waals surface area (Å²) >= 11 is 0. The van der Waals surface area contributed by atoms with Gasteiger partial charge in [0, 0.05) is 6.07 Å². The second-order valence-electron chi connectivity index (χ2n) is 4.02. The molecule has 0 bridgehead atoms. The molecule has 116 valence electrons. The van der Waals surface area contributed by atoms with Crippen LogP contribution >= 0.6 is 0 Å². The summed E-state index contributed by atoms with van der Waals surface area (Å²) in [7, 11) is 0. The molecule has 22 heavy (non-hydrogen) atoms. The summed E-state index contributed by atoms with van der Waals surface area (Å²) in [5, 5.41) is 2.00. The smallest absolute Gasteiger partial charge is 0.410 e. The maximum absolute atomic E-state index is 13.5. The maximum Gasteiger partial charge on any atom is 0.573 e. The number of carbonyl (C=O) groups is 1. The van der Waals surface area contributed by atoms with E-state index in [1.54, 1.807) is 18.2 Å². The molecular weight excluding hydrogens is 306 g/mol. The predicted molar refractivity (Wildman–Crippen MR) is 69.2 cm³/mol. The molecule has 0 heterocycles. The number of nitrogens with one attached hydrogen (secondary N) is 1. The summed E-state index contributed by atoms with van der Waals surface area (Å²) in [6.45, 7) is 0. The van der Waals surface area contributed by atoms with E-state index < -0.39 is 29.7 Å². The van der Waals surface area contributed by atoms with Crippen LogP contribution in [0.4, 0.5) is 28.0 Å². The minimum Gasteiger partial charge on any atom is -0.410 e. The monoisotopic (exact) mass is 315 g/mol. The summed E-state index contributed by atoms with van der Waals surface area (Å²) in [4.78, 5) is 11.6. The van der Waals surface area contributed by atoms with E-state index in [0.29, 0.717) is 6.07 Å². The van der Waals surface area contributed by atoms with Gasteiger partial charge < -0.3 is 9.47 Å². The van der Waals surface area contributed by atoms with Gasteiger partial charge in [-0.3, -0.25) is 5.32 Å². The first-order valence-corrected chi connectivity index (χ1v) is 5.93. The van der Waals surface area contributed by atoms with Crippen molar-refractivity contribution in [3.05, 3.63) is 54.3 Å². The second kappa shape index (κ2) is 6.33. The van der Waals surface area contributed by atoms with Crippen molar-refractivity contribution in [3.63, 3.8) is 0 Å². The van der Waals surface area contributed by atoms with Crippen molar-refractivity contribution in [2.24, 2.45) is 0 Å². The SMILES string of the molecule is O=C(Nc1cc(OC(F)(F)F)ccc1F)Oc1ccccc1. The van der Waals surface area contributed by atoms with Gasteiger partial charge in [0.25, 0.3) is 0 Å². The van der Waals surface area contributed by atoms with Crippen LogP contribution in [0.2, 0.25) is 0 Å². The van der Waals surface area contributed by atoms with E-state index in [0.717, 1.165) is 12.1 Å². The van der Waals surface area contributed by atoms with Crippen LogP contribution in [-0.2, 0) is 0 Å². The Hall–Kier alpha value is -2.77. The number of amides is 1. The molecule has 0 aromatic heterocycles. The molecule has 0 aliphatic carbocycles. The maximum atomic E-state index is 13.5. The van der Waals surface area contributed by atoms with Gasteiger partial charge in [0.1, 0.15) is 17.3 Å². The Labute approximate surface area is 122 Å². The third kappa shape index (κ3) is 4.65. The Morgan fingerprint density at radius 3 is 2.32 bits per heavy atom. The number of para-hydroxylation sites is 1. The van der Waals surface area contributed by atoms with Crippen molar-refractivity contribution in [1.29, 1.82) is 0 Å². The van der Waals surface area contributed by atoms with Crippen molar-refractivity contribution in [2.75, 3.05) is 5.32 Å². The summed E-state index contributed by atoms with van der Waals surface area (Å²) in [5.41, 5.74) is -0.498. The lowest BCUT2D eigenvalue weighted by atomic mass is 10.3. The molecule has 0 spiro atoms. The van der Waals surface area contributed by atoms with Crippen molar-refractivity contribution in [3.8, 4) is 11.5 Å². The molecule has 0 atom stereocenters. The van der Waals surface area contributed by atoms with Crippen LogP contribution in [0, 0.1) is 5.82 Å². The van der Waals surface area contributed by atoms with E-state index in [1.165, 1.54) is 12.1 Å². The first kappa shape index (κ1) is 15.6. The van der Waals surface area contributed by atoms with Crippen molar-refractivity contribution >= 4 is 11.8 Å². The molecule has 0 saturated heterocycles. The lowest BCUT2D eigenvalue weighted by Crippen LogP contribution is -2.19. The van der Waals surface area contributed by atoms with Crippen molar-refractivity contribution in [2.45, 2.75) is 6.36 Å². The van der Waals surface area contributed by atoms with Crippen LogP contribution in [0.25, 0.3) is 0 Å². The van der Waals surface area contributed by atoms with Gasteiger partial charge in [-0.05, 0) is 24.3 Å². The minimum absolute atomic E-state index is 0.197. The van der Waals surface area contributed by atoms with Gasteiger partial charge in [0.05, 0.1) is 5.69 Å². The fourth-order valence-electron chi connectivity index (χ4n) is 1.53. The zero-order valence-corrected chi connectivity index (χ0v) is 10.9. The highest BCUT2D eigenvalue weighted by Gasteiger charge is 2.31. The van der Waals surface area contributed by atoms with Gasteiger partial charge >= 0.3 is 12.5 Å². The molecule has 0 unspecified atom stereocenters. The summed E-state index contributed by atoms with van der Waals surface area (Å²) in [6.07, 6.45) is -5.96. The van der Waals surface area contributed by atoms with Gasteiger partial charge in [-0.15, -0.1) is 13.2 Å². The van der Waals surface area contributed by atoms with Gasteiger partial charge in [-0.2, -0.15) is 0 Å². The fraction of sp³-hybridized carbons (Fsp3) is 0.0714. The molecule has 2 rings (SSSR count). The standard InChI is InChI=1S/C14H9F4NO3/c15-11-7-6-10(22-14(16,17)18)8-12(11)19-13(20)21-9-4-2-1-3-5-9/h1-8H,(H,19,20). The van der Waals surface area contributed by atoms with Gasteiger partial charge in [-0.25, -0.2) is 9.18 Å². The van der Waals surface area contributed by atoms with Gasteiger partial charge in [-0.1, -0.05) is 18.2 Å². The number of benzene rings is 2. The molecule has 0 fully saturated rings. The summed E-state index contributed by atoms with van der Waals surface area (Å²) in [6, 6.07) is 10.1. The van der Waals surface area contributed by atoms with Crippen LogP contribution in [0.1, 0.15) is 0 Å². The minimum atomic E-state index is -4.92.